The average molecular weight is 489 g/mol. The first-order chi connectivity index (χ1) is 17.5. The van der Waals surface area contributed by atoms with Gasteiger partial charge in [-0.25, -0.2) is 0 Å². The molecule has 0 aliphatic carbocycles. The van der Waals surface area contributed by atoms with Gasteiger partial charge in [0.25, 0.3) is 5.91 Å². The highest BCUT2D eigenvalue weighted by Gasteiger charge is 2.46. The van der Waals surface area contributed by atoms with Crippen LogP contribution in [0.5, 0.6) is 23.0 Å². The number of nitrogens with zero attached hydrogens (tertiary/aromatic N) is 1. The molecule has 8 heteroatoms. The molecule has 2 amide bonds. The van der Waals surface area contributed by atoms with E-state index < -0.39 is 12.0 Å². The SMILES string of the molecule is COc1ccc(NC(=O)C2c3ccccc3C(=O)N3CCc4cc(OC)c(OC)cc4C23)c(OC)c1. The Hall–Kier alpha value is -4.20. The maximum atomic E-state index is 14.0. The van der Waals surface area contributed by atoms with E-state index in [0.717, 1.165) is 11.1 Å². The fraction of sp³-hybridized carbons (Fsp3) is 0.286. The molecule has 8 nitrogen and oxygen atoms in total. The van der Waals surface area contributed by atoms with Gasteiger partial charge in [-0.1, -0.05) is 18.2 Å². The van der Waals surface area contributed by atoms with Crippen LogP contribution in [0.2, 0.25) is 0 Å². The first kappa shape index (κ1) is 23.5. The summed E-state index contributed by atoms with van der Waals surface area (Å²) in [6, 6.07) is 15.9. The second-order valence-corrected chi connectivity index (χ2v) is 8.72. The molecule has 0 aromatic heterocycles. The number of amides is 2. The van der Waals surface area contributed by atoms with E-state index in [1.165, 1.54) is 7.11 Å². The number of carbonyl (C=O) groups excluding carboxylic acids is 2. The predicted molar refractivity (Wildman–Crippen MR) is 134 cm³/mol. The number of anilines is 1. The summed E-state index contributed by atoms with van der Waals surface area (Å²) in [7, 11) is 6.28. The van der Waals surface area contributed by atoms with Gasteiger partial charge in [-0.3, -0.25) is 9.59 Å². The van der Waals surface area contributed by atoms with Gasteiger partial charge < -0.3 is 29.2 Å². The van der Waals surface area contributed by atoms with Gasteiger partial charge in [-0.05, 0) is 53.4 Å². The molecule has 2 aliphatic rings. The number of hydrogen-bond acceptors (Lipinski definition) is 6. The molecule has 36 heavy (non-hydrogen) atoms. The molecule has 186 valence electrons. The van der Waals surface area contributed by atoms with Crippen molar-refractivity contribution in [3.8, 4) is 23.0 Å². The lowest BCUT2D eigenvalue weighted by atomic mass is 9.75. The maximum Gasteiger partial charge on any atom is 0.254 e. The molecule has 3 aromatic carbocycles. The van der Waals surface area contributed by atoms with E-state index in [-0.39, 0.29) is 11.8 Å². The van der Waals surface area contributed by atoms with E-state index in [1.54, 1.807) is 50.5 Å². The zero-order valence-corrected chi connectivity index (χ0v) is 20.7. The van der Waals surface area contributed by atoms with Crippen LogP contribution in [0, 0.1) is 0 Å². The average Bonchev–Trinajstić information content (AvgIpc) is 2.92. The van der Waals surface area contributed by atoms with Gasteiger partial charge in [-0.2, -0.15) is 0 Å². The molecule has 0 bridgehead atoms. The van der Waals surface area contributed by atoms with Gasteiger partial charge in [0.2, 0.25) is 5.91 Å². The van der Waals surface area contributed by atoms with Crippen LogP contribution in [0.1, 0.15) is 39.0 Å². The van der Waals surface area contributed by atoms with Crippen molar-refractivity contribution in [3.05, 3.63) is 76.9 Å². The second-order valence-electron chi connectivity index (χ2n) is 8.72. The fourth-order valence-corrected chi connectivity index (χ4v) is 5.25. The summed E-state index contributed by atoms with van der Waals surface area (Å²) in [4.78, 5) is 29.3. The lowest BCUT2D eigenvalue weighted by Crippen LogP contribution is -2.49. The number of nitrogens with one attached hydrogen (secondary N) is 1. The molecule has 0 radical (unpaired) electrons. The molecular formula is C28H28N2O6. The Bertz CT molecular complexity index is 1340. The molecule has 0 saturated carbocycles. The summed E-state index contributed by atoms with van der Waals surface area (Å²) >= 11 is 0. The van der Waals surface area contributed by atoms with Gasteiger partial charge in [0.15, 0.2) is 11.5 Å². The zero-order chi connectivity index (χ0) is 25.4. The van der Waals surface area contributed by atoms with E-state index in [2.05, 4.69) is 5.32 Å². The van der Waals surface area contributed by atoms with Crippen molar-refractivity contribution in [1.82, 2.24) is 4.90 Å². The number of hydrogen-bond donors (Lipinski definition) is 1. The molecule has 0 saturated heterocycles. The van der Waals surface area contributed by atoms with E-state index in [9.17, 15) is 9.59 Å². The molecule has 2 aliphatic heterocycles. The summed E-state index contributed by atoms with van der Waals surface area (Å²) in [5.41, 5.74) is 3.66. The minimum absolute atomic E-state index is 0.0814. The quantitative estimate of drug-likeness (QED) is 0.560. The van der Waals surface area contributed by atoms with Crippen LogP contribution in [0.4, 0.5) is 5.69 Å². The minimum Gasteiger partial charge on any atom is -0.497 e. The second kappa shape index (κ2) is 9.45. The Morgan fingerprint density at radius 3 is 2.31 bits per heavy atom. The zero-order valence-electron chi connectivity index (χ0n) is 20.7. The first-order valence-corrected chi connectivity index (χ1v) is 11.7. The molecule has 0 spiro atoms. The van der Waals surface area contributed by atoms with Crippen molar-refractivity contribution in [2.75, 3.05) is 40.3 Å². The van der Waals surface area contributed by atoms with Crippen LogP contribution < -0.4 is 24.3 Å². The molecule has 2 heterocycles. The Morgan fingerprint density at radius 2 is 1.58 bits per heavy atom. The van der Waals surface area contributed by atoms with Gasteiger partial charge in [-0.15, -0.1) is 0 Å². The van der Waals surface area contributed by atoms with E-state index in [1.807, 2.05) is 30.3 Å². The van der Waals surface area contributed by atoms with Crippen molar-refractivity contribution in [1.29, 1.82) is 0 Å². The van der Waals surface area contributed by atoms with E-state index in [4.69, 9.17) is 18.9 Å². The minimum atomic E-state index is -0.650. The van der Waals surface area contributed by atoms with Crippen LogP contribution in [0.3, 0.4) is 0 Å². The summed E-state index contributed by atoms with van der Waals surface area (Å²) < 4.78 is 21.8. The number of fused-ring (bicyclic) bond motifs is 4. The van der Waals surface area contributed by atoms with Crippen LogP contribution in [-0.2, 0) is 11.2 Å². The summed E-state index contributed by atoms with van der Waals surface area (Å²) in [6.45, 7) is 0.496. The Labute approximate surface area is 209 Å². The third kappa shape index (κ3) is 3.79. The summed E-state index contributed by atoms with van der Waals surface area (Å²) in [6.07, 6.45) is 0.654. The lowest BCUT2D eigenvalue weighted by molar-refractivity contribution is -0.119. The number of ether oxygens (including phenoxy) is 4. The normalized spacial score (nSPS) is 17.9. The van der Waals surface area contributed by atoms with E-state index >= 15 is 0 Å². The largest absolute Gasteiger partial charge is 0.497 e. The highest BCUT2D eigenvalue weighted by molar-refractivity contribution is 6.05. The number of benzene rings is 3. The van der Waals surface area contributed by atoms with Crippen molar-refractivity contribution in [2.24, 2.45) is 0 Å². The monoisotopic (exact) mass is 488 g/mol. The molecule has 2 unspecified atom stereocenters. The summed E-state index contributed by atoms with van der Waals surface area (Å²) in [5.74, 6) is 1.31. The number of methoxy groups -OCH3 is 4. The Balaban J connectivity index is 1.63. The van der Waals surface area contributed by atoms with Crippen LogP contribution in [-0.4, -0.2) is 51.7 Å². The first-order valence-electron chi connectivity index (χ1n) is 11.7. The topological polar surface area (TPSA) is 86.3 Å². The molecule has 5 rings (SSSR count). The predicted octanol–water partition coefficient (Wildman–Crippen LogP) is 4.20. The number of rotatable bonds is 6. The van der Waals surface area contributed by atoms with Gasteiger partial charge in [0, 0.05) is 18.2 Å². The van der Waals surface area contributed by atoms with Crippen molar-refractivity contribution in [3.63, 3.8) is 0 Å². The summed E-state index contributed by atoms with van der Waals surface area (Å²) in [5, 5.41) is 3.04. The highest BCUT2D eigenvalue weighted by atomic mass is 16.5. The standard InChI is InChI=1S/C28H28N2O6/c1-33-17-9-10-21(22(14-17)34-2)29-27(31)25-18-7-5-6-8-19(18)28(32)30-12-11-16-13-23(35-3)24(36-4)15-20(16)26(25)30/h5-10,13-15,25-26H,11-12H2,1-4H3,(H,29,31). The van der Waals surface area contributed by atoms with Crippen molar-refractivity contribution in [2.45, 2.75) is 18.4 Å². The van der Waals surface area contributed by atoms with Crippen LogP contribution in [0.15, 0.2) is 54.6 Å². The smallest absolute Gasteiger partial charge is 0.254 e. The highest BCUT2D eigenvalue weighted by Crippen LogP contribution is 2.48. The van der Waals surface area contributed by atoms with Crippen molar-refractivity contribution >= 4 is 17.5 Å². The number of carbonyl (C=O) groups is 2. The Morgan fingerprint density at radius 1 is 0.861 bits per heavy atom. The Kier molecular flexibility index (Phi) is 6.18. The van der Waals surface area contributed by atoms with Crippen LogP contribution >= 0.6 is 0 Å². The third-order valence-corrected chi connectivity index (χ3v) is 6.97. The van der Waals surface area contributed by atoms with Gasteiger partial charge >= 0.3 is 0 Å². The van der Waals surface area contributed by atoms with Crippen LogP contribution in [0.25, 0.3) is 0 Å². The van der Waals surface area contributed by atoms with Gasteiger partial charge in [0.1, 0.15) is 11.5 Å². The lowest BCUT2D eigenvalue weighted by Gasteiger charge is -2.45. The van der Waals surface area contributed by atoms with Crippen molar-refractivity contribution < 1.29 is 28.5 Å². The maximum absolute atomic E-state index is 14.0. The molecule has 0 fully saturated rings. The third-order valence-electron chi connectivity index (χ3n) is 6.97. The molecule has 1 N–H and O–H groups in total. The molecular weight excluding hydrogens is 460 g/mol. The molecule has 3 aromatic rings. The fourth-order valence-electron chi connectivity index (χ4n) is 5.25. The van der Waals surface area contributed by atoms with Gasteiger partial charge in [0.05, 0.1) is 46.1 Å². The molecule has 2 atom stereocenters. The van der Waals surface area contributed by atoms with E-state index in [0.29, 0.717) is 52.8 Å².